The molecular weight excluding hydrogens is 443 g/mol. The Morgan fingerprint density at radius 3 is 2.65 bits per heavy atom. The van der Waals surface area contributed by atoms with Gasteiger partial charge in [-0.25, -0.2) is 0 Å². The number of hydrogen-bond donors (Lipinski definition) is 2. The number of nitrogens with one attached hydrogen (secondary N) is 2. The van der Waals surface area contributed by atoms with Crippen molar-refractivity contribution in [3.8, 4) is 0 Å². The van der Waals surface area contributed by atoms with Crippen LogP contribution < -0.4 is 10.6 Å². The molecule has 0 spiro atoms. The smallest absolute Gasteiger partial charge is 0.191 e. The van der Waals surface area contributed by atoms with Gasteiger partial charge < -0.3 is 24.7 Å². The molecule has 0 saturated carbocycles. The second-order valence-electron chi connectivity index (χ2n) is 7.12. The van der Waals surface area contributed by atoms with Crippen LogP contribution in [0.25, 0.3) is 0 Å². The molecule has 1 fully saturated rings. The van der Waals surface area contributed by atoms with E-state index in [1.54, 1.807) is 6.26 Å². The molecule has 0 aromatic carbocycles. The highest BCUT2D eigenvalue weighted by molar-refractivity contribution is 14.0. The fraction of sp³-hybridized carbons (Fsp3) is 0.737. The van der Waals surface area contributed by atoms with Gasteiger partial charge in [0.05, 0.1) is 6.26 Å². The minimum absolute atomic E-state index is 0. The van der Waals surface area contributed by atoms with Crippen LogP contribution in [0.5, 0.6) is 0 Å². The lowest BCUT2D eigenvalue weighted by Gasteiger charge is -2.35. The summed E-state index contributed by atoms with van der Waals surface area (Å²) < 4.78 is 10.8. The van der Waals surface area contributed by atoms with Gasteiger partial charge in [-0.1, -0.05) is 13.8 Å². The van der Waals surface area contributed by atoms with E-state index in [0.717, 1.165) is 49.6 Å². The maximum Gasteiger partial charge on any atom is 0.191 e. The van der Waals surface area contributed by atoms with Crippen molar-refractivity contribution in [1.82, 2.24) is 15.5 Å². The second-order valence-corrected chi connectivity index (χ2v) is 7.12. The topological polar surface area (TPSA) is 62.0 Å². The van der Waals surface area contributed by atoms with Gasteiger partial charge in [0.2, 0.25) is 0 Å². The fourth-order valence-corrected chi connectivity index (χ4v) is 3.48. The molecule has 1 saturated heterocycles. The number of guanidine groups is 1. The van der Waals surface area contributed by atoms with E-state index < -0.39 is 0 Å². The van der Waals surface area contributed by atoms with Crippen molar-refractivity contribution in [2.45, 2.75) is 33.3 Å². The summed E-state index contributed by atoms with van der Waals surface area (Å²) in [4.78, 5) is 6.84. The zero-order valence-electron chi connectivity index (χ0n) is 16.4. The standard InChI is InChI=1S/C19H34N4O2.HI/c1-16-12-17(2)14-23(13-16)9-8-22-19(20-3)21-7-5-10-24-15-18-6-4-11-25-18;/h4,6,11,16-17H,5,7-10,12-15H2,1-3H3,(H2,20,21,22);1H. The molecule has 150 valence electrons. The molecule has 0 bridgehead atoms. The zero-order valence-corrected chi connectivity index (χ0v) is 18.7. The molecule has 1 aromatic heterocycles. The van der Waals surface area contributed by atoms with E-state index in [0.29, 0.717) is 13.2 Å². The lowest BCUT2D eigenvalue weighted by atomic mass is 9.92. The lowest BCUT2D eigenvalue weighted by Crippen LogP contribution is -2.45. The van der Waals surface area contributed by atoms with Gasteiger partial charge in [-0.05, 0) is 36.8 Å². The number of hydrogen-bond acceptors (Lipinski definition) is 4. The Kier molecular flexibility index (Phi) is 12.0. The summed E-state index contributed by atoms with van der Waals surface area (Å²) in [6, 6.07) is 3.80. The number of likely N-dealkylation sites (tertiary alicyclic amines) is 1. The molecule has 1 aromatic rings. The van der Waals surface area contributed by atoms with E-state index in [9.17, 15) is 0 Å². The Bertz CT molecular complexity index is 486. The second kappa shape index (κ2) is 13.4. The summed E-state index contributed by atoms with van der Waals surface area (Å²) in [6.45, 7) is 11.2. The highest BCUT2D eigenvalue weighted by Gasteiger charge is 2.21. The number of nitrogens with zero attached hydrogens (tertiary/aromatic N) is 2. The van der Waals surface area contributed by atoms with Gasteiger partial charge in [0.1, 0.15) is 12.4 Å². The van der Waals surface area contributed by atoms with Gasteiger partial charge in [-0.2, -0.15) is 0 Å². The highest BCUT2D eigenvalue weighted by Crippen LogP contribution is 2.20. The normalized spacial score (nSPS) is 21.3. The minimum atomic E-state index is 0. The molecule has 0 aliphatic carbocycles. The summed E-state index contributed by atoms with van der Waals surface area (Å²) in [5, 5.41) is 6.74. The Balaban J connectivity index is 0.00000338. The summed E-state index contributed by atoms with van der Waals surface area (Å²) in [5.41, 5.74) is 0. The Morgan fingerprint density at radius 1 is 1.27 bits per heavy atom. The van der Waals surface area contributed by atoms with Gasteiger partial charge in [-0.3, -0.25) is 4.99 Å². The predicted octanol–water partition coefficient (Wildman–Crippen LogP) is 2.95. The van der Waals surface area contributed by atoms with Crippen LogP contribution in [-0.2, 0) is 11.3 Å². The largest absolute Gasteiger partial charge is 0.467 e. The first-order valence-corrected chi connectivity index (χ1v) is 9.44. The Labute approximate surface area is 175 Å². The average Bonchev–Trinajstić information content (AvgIpc) is 3.08. The first kappa shape index (κ1) is 23.2. The summed E-state index contributed by atoms with van der Waals surface area (Å²) in [5.74, 6) is 3.35. The average molecular weight is 478 g/mol. The summed E-state index contributed by atoms with van der Waals surface area (Å²) >= 11 is 0. The van der Waals surface area contributed by atoms with Gasteiger partial charge >= 0.3 is 0 Å². The van der Waals surface area contributed by atoms with Gasteiger partial charge in [0.25, 0.3) is 0 Å². The first-order valence-electron chi connectivity index (χ1n) is 9.44. The number of aliphatic imine (C=N–C) groups is 1. The Hall–Kier alpha value is -0.800. The number of piperidine rings is 1. The molecule has 1 aliphatic rings. The molecule has 26 heavy (non-hydrogen) atoms. The van der Waals surface area contributed by atoms with E-state index >= 15 is 0 Å². The van der Waals surface area contributed by atoms with Crippen LogP contribution in [0.3, 0.4) is 0 Å². The minimum Gasteiger partial charge on any atom is -0.467 e. The number of rotatable bonds is 9. The van der Waals surface area contributed by atoms with E-state index in [-0.39, 0.29) is 24.0 Å². The van der Waals surface area contributed by atoms with E-state index in [2.05, 4.69) is 34.4 Å². The molecule has 0 radical (unpaired) electrons. The molecule has 2 unspecified atom stereocenters. The number of ether oxygens (including phenoxy) is 1. The van der Waals surface area contributed by atoms with E-state index in [4.69, 9.17) is 9.15 Å². The molecule has 2 atom stereocenters. The van der Waals surface area contributed by atoms with Crippen molar-refractivity contribution < 1.29 is 9.15 Å². The van der Waals surface area contributed by atoms with Crippen LogP contribution in [0.2, 0.25) is 0 Å². The third kappa shape index (κ3) is 9.23. The maximum absolute atomic E-state index is 5.57. The monoisotopic (exact) mass is 478 g/mol. The molecule has 2 rings (SSSR count). The quantitative estimate of drug-likeness (QED) is 0.247. The molecule has 6 nitrogen and oxygen atoms in total. The van der Waals surface area contributed by atoms with Gasteiger partial charge in [0, 0.05) is 46.4 Å². The number of furan rings is 1. The summed E-state index contributed by atoms with van der Waals surface area (Å²) in [7, 11) is 1.81. The van der Waals surface area contributed by atoms with Crippen LogP contribution in [-0.4, -0.2) is 57.2 Å². The van der Waals surface area contributed by atoms with Gasteiger partial charge in [0.15, 0.2) is 5.96 Å². The first-order chi connectivity index (χ1) is 12.2. The Morgan fingerprint density at radius 2 is 2.00 bits per heavy atom. The third-order valence-corrected chi connectivity index (χ3v) is 4.47. The molecule has 0 amide bonds. The van der Waals surface area contributed by atoms with Crippen LogP contribution >= 0.6 is 24.0 Å². The van der Waals surface area contributed by atoms with Crippen molar-refractivity contribution in [2.75, 3.05) is 46.4 Å². The van der Waals surface area contributed by atoms with Crippen molar-refractivity contribution in [3.63, 3.8) is 0 Å². The van der Waals surface area contributed by atoms with E-state index in [1.165, 1.54) is 19.5 Å². The fourth-order valence-electron chi connectivity index (χ4n) is 3.48. The zero-order chi connectivity index (χ0) is 17.9. The summed E-state index contributed by atoms with van der Waals surface area (Å²) in [6.07, 6.45) is 3.96. The van der Waals surface area contributed by atoms with Crippen LogP contribution in [0.15, 0.2) is 27.8 Å². The molecule has 7 heteroatoms. The SMILES string of the molecule is CN=C(NCCCOCc1ccco1)NCCN1CC(C)CC(C)C1.I. The van der Waals surface area contributed by atoms with Crippen molar-refractivity contribution in [3.05, 3.63) is 24.2 Å². The molecule has 2 N–H and O–H groups in total. The molecule has 2 heterocycles. The number of halogens is 1. The van der Waals surface area contributed by atoms with Crippen molar-refractivity contribution in [2.24, 2.45) is 16.8 Å². The van der Waals surface area contributed by atoms with Crippen molar-refractivity contribution in [1.29, 1.82) is 0 Å². The van der Waals surface area contributed by atoms with Gasteiger partial charge in [-0.15, -0.1) is 24.0 Å². The van der Waals surface area contributed by atoms with Crippen LogP contribution in [0, 0.1) is 11.8 Å². The van der Waals surface area contributed by atoms with Crippen LogP contribution in [0.1, 0.15) is 32.4 Å². The predicted molar refractivity (Wildman–Crippen MR) is 117 cm³/mol. The molecular formula is C19H35IN4O2. The van der Waals surface area contributed by atoms with Crippen molar-refractivity contribution >= 4 is 29.9 Å². The lowest BCUT2D eigenvalue weighted by molar-refractivity contribution is 0.105. The maximum atomic E-state index is 5.57. The van der Waals surface area contributed by atoms with E-state index in [1.807, 2.05) is 19.2 Å². The van der Waals surface area contributed by atoms with Crippen LogP contribution in [0.4, 0.5) is 0 Å². The molecule has 1 aliphatic heterocycles. The third-order valence-electron chi connectivity index (χ3n) is 4.47. The highest BCUT2D eigenvalue weighted by atomic mass is 127.